The number of hydrogen-bond donors (Lipinski definition) is 0. The molecule has 1 fully saturated rings. The van der Waals surface area contributed by atoms with Gasteiger partial charge in [0.2, 0.25) is 0 Å². The van der Waals surface area contributed by atoms with E-state index in [1.807, 2.05) is 0 Å². The molecule has 0 spiro atoms. The summed E-state index contributed by atoms with van der Waals surface area (Å²) in [7, 11) is 0. The van der Waals surface area contributed by atoms with Crippen molar-refractivity contribution in [1.29, 1.82) is 0 Å². The van der Waals surface area contributed by atoms with E-state index >= 15 is 0 Å². The van der Waals surface area contributed by atoms with E-state index in [-0.39, 0.29) is 19.4 Å². The van der Waals surface area contributed by atoms with E-state index in [4.69, 9.17) is 0 Å². The van der Waals surface area contributed by atoms with Gasteiger partial charge in [0.25, 0.3) is 5.85 Å². The minimum atomic E-state index is -3.35. The number of alkyl halides is 3. The van der Waals surface area contributed by atoms with Crippen LogP contribution in [0, 0.1) is 5.92 Å². The summed E-state index contributed by atoms with van der Waals surface area (Å²) in [6.45, 7) is 3.12. The predicted octanol–water partition coefficient (Wildman–Crippen LogP) is 3.14. The molecule has 1 aliphatic rings. The van der Waals surface area contributed by atoms with Crippen LogP contribution in [0.5, 0.6) is 0 Å². The zero-order chi connectivity index (χ0) is 10.1. The van der Waals surface area contributed by atoms with Gasteiger partial charge in [-0.3, -0.25) is 0 Å². The predicted molar refractivity (Wildman–Crippen MR) is 43.4 cm³/mol. The van der Waals surface area contributed by atoms with Crippen LogP contribution in [-0.4, -0.2) is 18.4 Å². The van der Waals surface area contributed by atoms with Crippen LogP contribution < -0.4 is 0 Å². The molecule has 2 unspecified atom stereocenters. The van der Waals surface area contributed by atoms with E-state index in [0.29, 0.717) is 6.42 Å². The third-order valence-corrected chi connectivity index (χ3v) is 2.57. The van der Waals surface area contributed by atoms with Gasteiger partial charge in [-0.15, -0.1) is 0 Å². The van der Waals surface area contributed by atoms with Crippen molar-refractivity contribution >= 4 is 0 Å². The molecule has 1 rings (SSSR count). The van der Waals surface area contributed by atoms with Crippen LogP contribution in [0.3, 0.4) is 0 Å². The molecule has 13 heavy (non-hydrogen) atoms. The number of hydrogen-bond acceptors (Lipinski definition) is 1. The van der Waals surface area contributed by atoms with Gasteiger partial charge in [-0.2, -0.15) is 8.78 Å². The van der Waals surface area contributed by atoms with Gasteiger partial charge in [0.05, 0.1) is 6.61 Å². The lowest BCUT2D eigenvalue weighted by atomic mass is 9.89. The second-order valence-electron chi connectivity index (χ2n) is 3.64. The zero-order valence-electron chi connectivity index (χ0n) is 7.95. The fraction of sp³-hybridized carbons (Fsp3) is 1.00. The maximum Gasteiger partial charge on any atom is 0.308 e. The van der Waals surface area contributed by atoms with Gasteiger partial charge < -0.3 is 4.74 Å². The minimum Gasteiger partial charge on any atom is -0.341 e. The molecule has 0 saturated carbocycles. The Kier molecular flexibility index (Phi) is 2.90. The van der Waals surface area contributed by atoms with Crippen molar-refractivity contribution in [2.24, 2.45) is 5.92 Å². The van der Waals surface area contributed by atoms with Crippen LogP contribution in [0.2, 0.25) is 0 Å². The monoisotopic (exact) mass is 196 g/mol. The van der Waals surface area contributed by atoms with Gasteiger partial charge in [-0.25, -0.2) is 4.39 Å². The molecule has 0 aliphatic carbocycles. The first-order valence-electron chi connectivity index (χ1n) is 4.64. The lowest BCUT2D eigenvalue weighted by Gasteiger charge is -2.40. The molecule has 2 atom stereocenters. The topological polar surface area (TPSA) is 9.23 Å². The Bertz CT molecular complexity index is 180. The van der Waals surface area contributed by atoms with Crippen molar-refractivity contribution < 1.29 is 17.9 Å². The molecule has 1 heterocycles. The highest BCUT2D eigenvalue weighted by molar-refractivity contribution is 4.92. The largest absolute Gasteiger partial charge is 0.341 e. The molecule has 4 heteroatoms. The Hall–Kier alpha value is -0.250. The Morgan fingerprint density at radius 2 is 2.00 bits per heavy atom. The quantitative estimate of drug-likeness (QED) is 0.659. The van der Waals surface area contributed by atoms with E-state index in [9.17, 15) is 13.2 Å². The van der Waals surface area contributed by atoms with E-state index < -0.39 is 17.7 Å². The second-order valence-corrected chi connectivity index (χ2v) is 3.64. The van der Waals surface area contributed by atoms with E-state index in [2.05, 4.69) is 4.74 Å². The second kappa shape index (κ2) is 3.48. The maximum absolute atomic E-state index is 13.6. The van der Waals surface area contributed by atoms with Crippen molar-refractivity contribution in [3.05, 3.63) is 0 Å². The lowest BCUT2D eigenvalue weighted by molar-refractivity contribution is -0.323. The third-order valence-electron chi connectivity index (χ3n) is 2.57. The average Bonchev–Trinajstić information content (AvgIpc) is 2.02. The highest BCUT2D eigenvalue weighted by Crippen LogP contribution is 2.46. The van der Waals surface area contributed by atoms with E-state index in [1.165, 1.54) is 6.92 Å². The van der Waals surface area contributed by atoms with Gasteiger partial charge in [-0.1, -0.05) is 20.3 Å². The van der Waals surface area contributed by atoms with Crippen LogP contribution >= 0.6 is 0 Å². The fourth-order valence-corrected chi connectivity index (χ4v) is 1.60. The van der Waals surface area contributed by atoms with Gasteiger partial charge in [0.1, 0.15) is 0 Å². The smallest absolute Gasteiger partial charge is 0.308 e. The molecular formula is C9H15F3O. The summed E-state index contributed by atoms with van der Waals surface area (Å²) in [5.74, 6) is -7.02. The normalized spacial score (nSPS) is 39.0. The molecule has 0 aromatic carbocycles. The standard InChI is InChI=1S/C9H15F3O/c1-3-5-8(10)9(11,12)7(2)4-6-13-8/h7H,3-6H2,1-2H3. The summed E-state index contributed by atoms with van der Waals surface area (Å²) in [6, 6.07) is 0. The molecule has 0 radical (unpaired) electrons. The minimum absolute atomic E-state index is 0.0905. The summed E-state index contributed by atoms with van der Waals surface area (Å²) in [4.78, 5) is 0. The summed E-state index contributed by atoms with van der Waals surface area (Å²) in [6.07, 6.45) is 0.353. The molecule has 0 bridgehead atoms. The molecule has 0 amide bonds. The van der Waals surface area contributed by atoms with Crippen molar-refractivity contribution in [1.82, 2.24) is 0 Å². The Labute approximate surface area is 76.3 Å². The van der Waals surface area contributed by atoms with Crippen LogP contribution in [0.4, 0.5) is 13.2 Å². The van der Waals surface area contributed by atoms with Gasteiger partial charge in [-0.05, 0) is 6.42 Å². The Balaban J connectivity index is 2.81. The molecule has 0 aromatic rings. The third kappa shape index (κ3) is 1.68. The van der Waals surface area contributed by atoms with Gasteiger partial charge >= 0.3 is 5.92 Å². The summed E-state index contributed by atoms with van der Waals surface area (Å²) in [5, 5.41) is 0. The first-order valence-corrected chi connectivity index (χ1v) is 4.64. The number of rotatable bonds is 2. The molecule has 1 nitrogen and oxygen atoms in total. The molecule has 1 aliphatic heterocycles. The van der Waals surface area contributed by atoms with Crippen molar-refractivity contribution in [3.63, 3.8) is 0 Å². The zero-order valence-corrected chi connectivity index (χ0v) is 7.95. The highest BCUT2D eigenvalue weighted by atomic mass is 19.3. The maximum atomic E-state index is 13.6. The number of halogens is 3. The van der Waals surface area contributed by atoms with Crippen LogP contribution in [0.15, 0.2) is 0 Å². The fourth-order valence-electron chi connectivity index (χ4n) is 1.60. The SMILES string of the molecule is CCCC1(F)OCCC(C)C1(F)F. The molecule has 0 N–H and O–H groups in total. The number of ether oxygens (including phenoxy) is 1. The average molecular weight is 196 g/mol. The highest BCUT2D eigenvalue weighted by Gasteiger charge is 2.60. The van der Waals surface area contributed by atoms with E-state index in [0.717, 1.165) is 0 Å². The van der Waals surface area contributed by atoms with Crippen molar-refractivity contribution in [2.75, 3.05) is 6.61 Å². The summed E-state index contributed by atoms with van der Waals surface area (Å²) >= 11 is 0. The van der Waals surface area contributed by atoms with Crippen LogP contribution in [-0.2, 0) is 4.74 Å². The van der Waals surface area contributed by atoms with Gasteiger partial charge in [0.15, 0.2) is 0 Å². The first-order chi connectivity index (χ1) is 5.94. The summed E-state index contributed by atoms with van der Waals surface area (Å²) in [5.41, 5.74) is 0. The molecule has 78 valence electrons. The van der Waals surface area contributed by atoms with Crippen LogP contribution in [0.1, 0.15) is 33.1 Å². The van der Waals surface area contributed by atoms with Gasteiger partial charge in [0, 0.05) is 12.3 Å². The lowest BCUT2D eigenvalue weighted by Crippen LogP contribution is -2.54. The Morgan fingerprint density at radius 3 is 2.54 bits per heavy atom. The van der Waals surface area contributed by atoms with Crippen LogP contribution in [0.25, 0.3) is 0 Å². The van der Waals surface area contributed by atoms with Crippen molar-refractivity contribution in [3.8, 4) is 0 Å². The molecule has 1 saturated heterocycles. The van der Waals surface area contributed by atoms with E-state index in [1.54, 1.807) is 6.92 Å². The first kappa shape index (κ1) is 10.8. The molecular weight excluding hydrogens is 181 g/mol. The Morgan fingerprint density at radius 1 is 1.38 bits per heavy atom. The van der Waals surface area contributed by atoms with Crippen molar-refractivity contribution in [2.45, 2.75) is 44.9 Å². The summed E-state index contributed by atoms with van der Waals surface area (Å²) < 4.78 is 44.9. The molecule has 0 aromatic heterocycles.